The van der Waals surface area contributed by atoms with Gasteiger partial charge < -0.3 is 34.1 Å². The van der Waals surface area contributed by atoms with E-state index in [2.05, 4.69) is 31.5 Å². The van der Waals surface area contributed by atoms with Crippen LogP contribution in [0.2, 0.25) is 0 Å². The molecule has 0 fully saturated rings. The number of nitrogens with zero attached hydrogens (tertiary/aromatic N) is 1. The van der Waals surface area contributed by atoms with Gasteiger partial charge in [-0.1, -0.05) is 27.7 Å². The number of carbonyl (C=O) groups excluding carboxylic acids is 4. The largest absolute Gasteiger partial charge is 1.00 e. The predicted molar refractivity (Wildman–Crippen MR) is 125 cm³/mol. The number of nitrogens with two attached hydrogens (primary N) is 3. The molecule has 34 heavy (non-hydrogen) atoms. The van der Waals surface area contributed by atoms with E-state index < -0.39 is 36.0 Å². The van der Waals surface area contributed by atoms with Crippen LogP contribution in [0.15, 0.2) is 5.10 Å². The Labute approximate surface area is 206 Å². The van der Waals surface area contributed by atoms with Crippen molar-refractivity contribution in [1.82, 2.24) is 21.4 Å². The van der Waals surface area contributed by atoms with Gasteiger partial charge in [-0.2, -0.15) is 5.10 Å². The highest BCUT2D eigenvalue weighted by Crippen LogP contribution is 2.08. The minimum Gasteiger partial charge on any atom is -1.00 e. The van der Waals surface area contributed by atoms with E-state index in [0.29, 0.717) is 25.8 Å². The lowest BCUT2D eigenvalue weighted by Crippen LogP contribution is -3.00. The number of rotatable bonds is 14. The number of hydrazone groups is 1. The van der Waals surface area contributed by atoms with Crippen molar-refractivity contribution < 1.29 is 36.6 Å². The molecule has 13 nitrogen and oxygen atoms in total. The summed E-state index contributed by atoms with van der Waals surface area (Å²) in [6.45, 7) is 9.25. The third-order valence-electron chi connectivity index (χ3n) is 4.43. The van der Waals surface area contributed by atoms with Gasteiger partial charge in [0.15, 0.2) is 0 Å². The van der Waals surface area contributed by atoms with Crippen LogP contribution in [0, 0.1) is 11.8 Å². The van der Waals surface area contributed by atoms with Crippen molar-refractivity contribution in [2.45, 2.75) is 72.0 Å². The van der Waals surface area contributed by atoms with E-state index in [1.54, 1.807) is 13.8 Å². The molecule has 0 unspecified atom stereocenters. The lowest BCUT2D eigenvalue weighted by molar-refractivity contribution is -0.459. The first-order chi connectivity index (χ1) is 15.3. The Morgan fingerprint density at radius 3 is 2.06 bits per heavy atom. The van der Waals surface area contributed by atoms with Gasteiger partial charge in [0, 0.05) is 13.1 Å². The summed E-state index contributed by atoms with van der Waals surface area (Å²) in [6.07, 6.45) is 2.79. The van der Waals surface area contributed by atoms with E-state index in [0.717, 1.165) is 0 Å². The van der Waals surface area contributed by atoms with E-state index in [4.69, 9.17) is 17.2 Å². The van der Waals surface area contributed by atoms with E-state index in [1.807, 2.05) is 13.8 Å². The summed E-state index contributed by atoms with van der Waals surface area (Å²) >= 11 is 0. The van der Waals surface area contributed by atoms with Crippen molar-refractivity contribution in [3.05, 3.63) is 0 Å². The molecule has 0 saturated carbocycles. The first-order valence-electron chi connectivity index (χ1n) is 10.9. The fourth-order valence-electron chi connectivity index (χ4n) is 2.94. The Hall–Kier alpha value is -3.09. The zero-order valence-corrected chi connectivity index (χ0v) is 21.2. The Morgan fingerprint density at radius 1 is 0.971 bits per heavy atom. The Bertz CT molecular complexity index is 725. The number of carbonyl (C=O) groups is 4. The summed E-state index contributed by atoms with van der Waals surface area (Å²) in [5, 5.41) is 11.9. The summed E-state index contributed by atoms with van der Waals surface area (Å²) in [4.78, 5) is 50.9. The van der Waals surface area contributed by atoms with Crippen LogP contribution in [0.1, 0.15) is 53.9 Å². The Morgan fingerprint density at radius 2 is 1.59 bits per heavy atom. The zero-order valence-electron chi connectivity index (χ0n) is 20.5. The van der Waals surface area contributed by atoms with Gasteiger partial charge in [-0.05, 0) is 31.1 Å². The lowest BCUT2D eigenvalue weighted by Gasteiger charge is -2.27. The molecular weight excluding hydrogens is 467 g/mol. The highest BCUT2D eigenvalue weighted by atomic mass is 35.5. The SMILES string of the molecule is CC(=O)N[C@@H](CC(C)C)C(=O)N[C@H](C(=O)N[C@@H](CCC[NH+]=C(N)N)/[13CH]=N/NC(N)=O)C(C)C.[Cl-]. The molecule has 0 bridgehead atoms. The van der Waals surface area contributed by atoms with Gasteiger partial charge >= 0.3 is 12.0 Å². The number of amides is 5. The zero-order chi connectivity index (χ0) is 25.6. The standard InChI is InChI=1S/C20H39N9O4.ClH/c1-11(2)9-15(26-13(5)30)17(31)28-16(12(3)4)18(32)27-14(10-25-29-20(23)33)7-6-8-24-19(21)22;/h10-12,14-16H,6-9H2,1-5H3,(H,26,30)(H,27,32)(H,28,31)(H4,21,22,24)(H3,23,29,33);1H/b25-10+;/t14-,15-,16-;/m0./s1/i10+1;. The molecule has 0 aliphatic heterocycles. The van der Waals surface area contributed by atoms with Crippen molar-refractivity contribution in [3.8, 4) is 0 Å². The van der Waals surface area contributed by atoms with Crippen molar-refractivity contribution >= 4 is 35.9 Å². The summed E-state index contributed by atoms with van der Waals surface area (Å²) < 4.78 is 0. The summed E-state index contributed by atoms with van der Waals surface area (Å²) in [7, 11) is 0. The number of hydrogen-bond acceptors (Lipinski definition) is 5. The van der Waals surface area contributed by atoms with Gasteiger partial charge in [0.25, 0.3) is 0 Å². The van der Waals surface area contributed by atoms with Gasteiger partial charge in [0.05, 0.1) is 12.6 Å². The second kappa shape index (κ2) is 17.4. The second-order valence-corrected chi connectivity index (χ2v) is 8.51. The van der Waals surface area contributed by atoms with Gasteiger partial charge in [-0.15, -0.1) is 0 Å². The first kappa shape index (κ1) is 33.1. The van der Waals surface area contributed by atoms with Crippen molar-refractivity contribution in [2.24, 2.45) is 34.1 Å². The van der Waals surface area contributed by atoms with E-state index >= 15 is 0 Å². The van der Waals surface area contributed by atoms with Crippen LogP contribution in [0.5, 0.6) is 0 Å². The van der Waals surface area contributed by atoms with Crippen LogP contribution in [0.4, 0.5) is 4.79 Å². The van der Waals surface area contributed by atoms with Gasteiger partial charge in [0.1, 0.15) is 12.1 Å². The summed E-state index contributed by atoms with van der Waals surface area (Å²) in [5.41, 5.74) is 17.8. The van der Waals surface area contributed by atoms with E-state index in [-0.39, 0.29) is 36.1 Å². The summed E-state index contributed by atoms with van der Waals surface area (Å²) in [6, 6.07) is -3.01. The Kier molecular flexibility index (Phi) is 16.9. The lowest BCUT2D eigenvalue weighted by atomic mass is 9.99. The quantitative estimate of drug-likeness (QED) is 0.0376. The minimum absolute atomic E-state index is 0. The van der Waals surface area contributed by atoms with Crippen molar-refractivity contribution in [2.75, 3.05) is 6.54 Å². The topological polar surface area (TPSA) is 221 Å². The molecule has 11 N–H and O–H groups in total. The first-order valence-corrected chi connectivity index (χ1v) is 10.9. The van der Waals surface area contributed by atoms with Gasteiger partial charge in [0.2, 0.25) is 17.7 Å². The molecule has 3 atom stereocenters. The highest BCUT2D eigenvalue weighted by Gasteiger charge is 2.29. The second-order valence-electron chi connectivity index (χ2n) is 8.51. The maximum atomic E-state index is 13.0. The summed E-state index contributed by atoms with van der Waals surface area (Å²) in [5.74, 6) is -1.20. The molecule has 196 valence electrons. The fraction of sp³-hybridized carbons (Fsp3) is 0.700. The normalized spacial score (nSPS) is 13.4. The van der Waals surface area contributed by atoms with Crippen molar-refractivity contribution in [1.29, 1.82) is 0 Å². The number of halogens is 1. The van der Waals surface area contributed by atoms with Gasteiger partial charge in [-0.25, -0.2) is 10.2 Å². The maximum Gasteiger partial charge on any atom is 0.338 e. The molecule has 5 amide bonds. The minimum atomic E-state index is -0.855. The van der Waals surface area contributed by atoms with Crippen molar-refractivity contribution in [3.63, 3.8) is 0 Å². The maximum absolute atomic E-state index is 13.0. The van der Waals surface area contributed by atoms with Crippen LogP contribution in [0.3, 0.4) is 0 Å². The van der Waals surface area contributed by atoms with Crippen LogP contribution >= 0.6 is 0 Å². The highest BCUT2D eigenvalue weighted by molar-refractivity contribution is 5.92. The number of guanidine groups is 1. The number of urea groups is 1. The number of nitrogens with one attached hydrogen (secondary N) is 5. The molecule has 0 spiro atoms. The molecule has 0 aromatic heterocycles. The van der Waals surface area contributed by atoms with E-state index in [9.17, 15) is 19.2 Å². The Balaban J connectivity index is 0. The smallest absolute Gasteiger partial charge is 0.338 e. The monoisotopic (exact) mass is 506 g/mol. The average Bonchev–Trinajstić information content (AvgIpc) is 2.66. The van der Waals surface area contributed by atoms with Crippen LogP contribution in [-0.2, 0) is 14.4 Å². The predicted octanol–water partition coefficient (Wildman–Crippen LogP) is -6.04. The molecule has 0 heterocycles. The molecular formula is C20H40ClN9O4. The number of primary amides is 1. The van der Waals surface area contributed by atoms with E-state index in [1.165, 1.54) is 13.1 Å². The van der Waals surface area contributed by atoms with Crippen LogP contribution < -0.4 is 56.0 Å². The third kappa shape index (κ3) is 15.7. The molecule has 0 aromatic carbocycles. The van der Waals surface area contributed by atoms with Crippen LogP contribution in [0.25, 0.3) is 0 Å². The molecule has 0 aliphatic rings. The molecule has 0 radical (unpaired) electrons. The third-order valence-corrected chi connectivity index (χ3v) is 4.43. The molecule has 0 saturated heterocycles. The molecule has 0 aromatic rings. The average molecular weight is 507 g/mol. The van der Waals surface area contributed by atoms with Crippen LogP contribution in [-0.4, -0.2) is 60.6 Å². The molecule has 0 rings (SSSR count). The molecule has 14 heteroatoms. The van der Waals surface area contributed by atoms with Gasteiger partial charge in [-0.3, -0.25) is 30.8 Å². The fourth-order valence-corrected chi connectivity index (χ4v) is 2.94. The number of hydrogen-bond donors (Lipinski definition) is 8. The molecule has 0 aliphatic carbocycles.